The summed E-state index contributed by atoms with van der Waals surface area (Å²) >= 11 is 0. The minimum absolute atomic E-state index is 0.0742. The van der Waals surface area contributed by atoms with Gasteiger partial charge in [0.25, 0.3) is 17.7 Å². The van der Waals surface area contributed by atoms with E-state index in [4.69, 9.17) is 5.10 Å². The number of imide groups is 2. The number of nitrogens with one attached hydrogen (secondary N) is 3. The molecule has 4 N–H and O–H groups in total. The molecule has 2 aromatic heterocycles. The zero-order valence-corrected chi connectivity index (χ0v) is 35.9. The maximum atomic E-state index is 13.7. The van der Waals surface area contributed by atoms with E-state index in [0.29, 0.717) is 51.5 Å². The number of nitrogens with zero attached hydrogens (tertiary/aromatic N) is 5. The number of fused-ring (bicyclic) bond motifs is 3. The van der Waals surface area contributed by atoms with Crippen molar-refractivity contribution in [3.8, 4) is 0 Å². The number of carbonyl (C=O) groups excluding carboxylic acids is 5. The third-order valence-electron chi connectivity index (χ3n) is 15.2. The molecule has 4 saturated carbocycles. The number of aliphatic hydroxyl groups is 1. The highest BCUT2D eigenvalue weighted by molar-refractivity contribution is 6.25. The molecule has 2 aromatic carbocycles. The average molecular weight is 881 g/mol. The number of aromatic nitrogens is 3. The number of amides is 5. The van der Waals surface area contributed by atoms with Crippen LogP contribution in [0.2, 0.25) is 0 Å². The summed E-state index contributed by atoms with van der Waals surface area (Å²) in [4.78, 5) is 71.6. The second-order valence-corrected chi connectivity index (χ2v) is 19.5. The van der Waals surface area contributed by atoms with Crippen LogP contribution < -0.4 is 16.0 Å². The Morgan fingerprint density at radius 1 is 0.984 bits per heavy atom. The fourth-order valence-corrected chi connectivity index (χ4v) is 12.0. The first kappa shape index (κ1) is 42.3. The van der Waals surface area contributed by atoms with E-state index in [1.165, 1.54) is 12.5 Å². The van der Waals surface area contributed by atoms with Gasteiger partial charge < -0.3 is 20.6 Å². The van der Waals surface area contributed by atoms with Crippen molar-refractivity contribution < 1.29 is 42.3 Å². The molecule has 1 saturated heterocycles. The van der Waals surface area contributed by atoms with Crippen molar-refractivity contribution in [1.82, 2.24) is 29.9 Å². The first-order valence-corrected chi connectivity index (χ1v) is 22.3. The van der Waals surface area contributed by atoms with Gasteiger partial charge in [-0.3, -0.25) is 38.9 Å². The molecule has 3 unspecified atom stereocenters. The molecule has 6 aliphatic rings. The number of hydrogen-bond donors (Lipinski definition) is 4. The molecule has 5 fully saturated rings. The lowest BCUT2D eigenvalue weighted by molar-refractivity contribution is -0.141. The molecule has 17 heteroatoms. The lowest BCUT2D eigenvalue weighted by Crippen LogP contribution is -2.54. The molecule has 10 rings (SSSR count). The summed E-state index contributed by atoms with van der Waals surface area (Å²) in [6.07, 6.45) is 5.89. The van der Waals surface area contributed by atoms with E-state index in [1.54, 1.807) is 38.1 Å². The first-order chi connectivity index (χ1) is 30.4. The van der Waals surface area contributed by atoms with Crippen molar-refractivity contribution in [3.05, 3.63) is 82.8 Å². The SMILES string of the molecule is CN(C[C@H]1CC[C@H](n2cc3cc(NC(=O)c4cccc(C(F)(F)F)n4)c(C(C)(C)O)cc3n2)CC1)[C@@H]1CC[C@]23C[C@H](Nc4cccc5c4C(=O)N(C4CCC(=O)NC4=O)C5=O)C2C3C1. The van der Waals surface area contributed by atoms with Crippen LogP contribution in [0.5, 0.6) is 0 Å². The Hall–Kier alpha value is -5.68. The second kappa shape index (κ2) is 15.2. The van der Waals surface area contributed by atoms with Crippen molar-refractivity contribution in [2.24, 2.45) is 23.2 Å². The van der Waals surface area contributed by atoms with Gasteiger partial charge in [-0.05, 0) is 138 Å². The van der Waals surface area contributed by atoms with Crippen molar-refractivity contribution in [2.75, 3.05) is 24.2 Å². The minimum Gasteiger partial charge on any atom is -0.386 e. The number of alkyl halides is 3. The van der Waals surface area contributed by atoms with Gasteiger partial charge in [0, 0.05) is 53.6 Å². The molecule has 4 aliphatic carbocycles. The van der Waals surface area contributed by atoms with Crippen LogP contribution in [0.1, 0.15) is 127 Å². The Morgan fingerprint density at radius 3 is 2.48 bits per heavy atom. The molecule has 6 atom stereocenters. The molecule has 14 nitrogen and oxygen atoms in total. The molecule has 5 amide bonds. The van der Waals surface area contributed by atoms with Crippen LogP contribution in [0, 0.1) is 23.2 Å². The number of carbonyl (C=O) groups is 5. The van der Waals surface area contributed by atoms with Crippen molar-refractivity contribution in [3.63, 3.8) is 0 Å². The summed E-state index contributed by atoms with van der Waals surface area (Å²) in [6.45, 7) is 4.16. The summed E-state index contributed by atoms with van der Waals surface area (Å²) in [5.74, 6) is -1.18. The predicted octanol–water partition coefficient (Wildman–Crippen LogP) is 6.66. The topological polar surface area (TPSA) is 179 Å². The van der Waals surface area contributed by atoms with E-state index < -0.39 is 58.7 Å². The molecule has 0 radical (unpaired) electrons. The summed E-state index contributed by atoms with van der Waals surface area (Å²) in [5.41, 5.74) is -0.0910. The number of anilines is 2. The predicted molar refractivity (Wildman–Crippen MR) is 228 cm³/mol. The van der Waals surface area contributed by atoms with Crippen LogP contribution in [-0.2, 0) is 21.4 Å². The number of hydrogen-bond acceptors (Lipinski definition) is 10. The standard InChI is InChI=1S/C47H51F3N8O6/c1-45(2,64)29-20-33-25(18-34(29)53-41(60)32-8-5-9-37(52-32)47(48,49)50)23-57(55-33)26-12-10-24(11-13-26)22-56(3)27-16-17-46-21-35(40(46)30(46)19-27)51-31-7-4-6-28-39(31)44(63)58(43(28)62)36-14-15-38(59)54-42(36)61/h4-9,18,20,23-24,26-27,30,35-36,40,51,64H,10-17,19,21-22H2,1-3H3,(H,53,60)(H,54,59,61)/t24-,26-,27-,30?,35+,36?,40?,46-/m1/s1. The Bertz CT molecular complexity index is 2620. The van der Waals surface area contributed by atoms with Gasteiger partial charge in [-0.2, -0.15) is 18.3 Å². The van der Waals surface area contributed by atoms with E-state index in [0.717, 1.165) is 73.9 Å². The van der Waals surface area contributed by atoms with Crippen LogP contribution in [-0.4, -0.2) is 90.9 Å². The Balaban J connectivity index is 0.738. The lowest BCUT2D eigenvalue weighted by atomic mass is 9.74. The highest BCUT2D eigenvalue weighted by atomic mass is 19.4. The number of piperidine rings is 1. The maximum Gasteiger partial charge on any atom is 0.433 e. The lowest BCUT2D eigenvalue weighted by Gasteiger charge is -2.40. The molecule has 1 spiro atoms. The largest absolute Gasteiger partial charge is 0.433 e. The van der Waals surface area contributed by atoms with Crippen molar-refractivity contribution in [1.29, 1.82) is 0 Å². The first-order valence-electron chi connectivity index (χ1n) is 22.3. The number of benzene rings is 2. The number of rotatable bonds is 10. The average Bonchev–Trinajstić information content (AvgIpc) is 3.41. The highest BCUT2D eigenvalue weighted by Crippen LogP contribution is 2.78. The normalized spacial score (nSPS) is 28.9. The van der Waals surface area contributed by atoms with Gasteiger partial charge in [-0.25, -0.2) is 4.98 Å². The minimum atomic E-state index is -4.70. The quantitative estimate of drug-likeness (QED) is 0.126. The molecule has 64 heavy (non-hydrogen) atoms. The molecular weight excluding hydrogens is 830 g/mol. The molecule has 2 aliphatic heterocycles. The monoisotopic (exact) mass is 880 g/mol. The summed E-state index contributed by atoms with van der Waals surface area (Å²) in [6, 6.07) is 11.7. The van der Waals surface area contributed by atoms with Crippen LogP contribution in [0.15, 0.2) is 54.7 Å². The van der Waals surface area contributed by atoms with Gasteiger partial charge in [0.2, 0.25) is 11.8 Å². The molecular formula is C47H51F3N8O6. The van der Waals surface area contributed by atoms with Crippen LogP contribution >= 0.6 is 0 Å². The Morgan fingerprint density at radius 2 is 1.75 bits per heavy atom. The van der Waals surface area contributed by atoms with E-state index >= 15 is 0 Å². The van der Waals surface area contributed by atoms with Crippen molar-refractivity contribution >= 4 is 51.8 Å². The Labute approximate surface area is 367 Å². The van der Waals surface area contributed by atoms with Gasteiger partial charge in [0.1, 0.15) is 17.4 Å². The third kappa shape index (κ3) is 7.24. The number of pyridine rings is 1. The van der Waals surface area contributed by atoms with E-state index in [-0.39, 0.29) is 36.2 Å². The fourth-order valence-electron chi connectivity index (χ4n) is 12.0. The number of halogens is 3. The smallest absolute Gasteiger partial charge is 0.386 e. The van der Waals surface area contributed by atoms with Gasteiger partial charge in [0.05, 0.1) is 28.3 Å². The molecule has 4 heterocycles. The molecule has 4 aromatic rings. The van der Waals surface area contributed by atoms with Gasteiger partial charge in [-0.15, -0.1) is 0 Å². The van der Waals surface area contributed by atoms with Crippen LogP contribution in [0.3, 0.4) is 0 Å². The Kier molecular flexibility index (Phi) is 10.1. The molecule has 0 bridgehead atoms. The van der Waals surface area contributed by atoms with E-state index in [9.17, 15) is 42.3 Å². The summed E-state index contributed by atoms with van der Waals surface area (Å²) in [7, 11) is 2.25. The third-order valence-corrected chi connectivity index (χ3v) is 15.2. The van der Waals surface area contributed by atoms with Crippen LogP contribution in [0.25, 0.3) is 10.9 Å². The second-order valence-electron chi connectivity index (χ2n) is 19.5. The van der Waals surface area contributed by atoms with Crippen molar-refractivity contribution in [2.45, 2.75) is 114 Å². The molecule has 336 valence electrons. The zero-order chi connectivity index (χ0) is 45.0. The summed E-state index contributed by atoms with van der Waals surface area (Å²) in [5, 5.41) is 25.2. The maximum absolute atomic E-state index is 13.7. The van der Waals surface area contributed by atoms with E-state index in [1.807, 2.05) is 16.9 Å². The van der Waals surface area contributed by atoms with Gasteiger partial charge in [-0.1, -0.05) is 12.1 Å². The van der Waals surface area contributed by atoms with Gasteiger partial charge >= 0.3 is 6.18 Å². The fraction of sp³-hybridized carbons (Fsp3) is 0.511. The van der Waals surface area contributed by atoms with E-state index in [2.05, 4.69) is 32.9 Å². The van der Waals surface area contributed by atoms with Crippen LogP contribution in [0.4, 0.5) is 24.5 Å². The summed E-state index contributed by atoms with van der Waals surface area (Å²) < 4.78 is 41.9. The highest BCUT2D eigenvalue weighted by Gasteiger charge is 2.75. The van der Waals surface area contributed by atoms with Gasteiger partial charge in [0.15, 0.2) is 0 Å². The zero-order valence-electron chi connectivity index (χ0n) is 35.9.